The number of hydrogen-bond acceptors (Lipinski definition) is 4. The van der Waals surface area contributed by atoms with Crippen molar-refractivity contribution in [3.05, 3.63) is 76.6 Å². The van der Waals surface area contributed by atoms with E-state index in [2.05, 4.69) is 28.3 Å². The summed E-state index contributed by atoms with van der Waals surface area (Å²) in [7, 11) is 1.65. The summed E-state index contributed by atoms with van der Waals surface area (Å²) >= 11 is 1.60. The van der Waals surface area contributed by atoms with Crippen molar-refractivity contribution in [2.24, 2.45) is 0 Å². The topological polar surface area (TPSA) is 63.2 Å². The first-order valence-electron chi connectivity index (χ1n) is 10.2. The number of thiazole rings is 1. The molecule has 0 saturated carbocycles. The van der Waals surface area contributed by atoms with Crippen LogP contribution in [0.25, 0.3) is 16.8 Å². The number of allylic oxidation sites excluding steroid dienone is 1. The number of aromatic nitrogens is 1. The molecule has 0 radical (unpaired) electrons. The number of urea groups is 1. The molecule has 6 heteroatoms. The fourth-order valence-electron chi connectivity index (χ4n) is 3.18. The summed E-state index contributed by atoms with van der Waals surface area (Å²) < 4.78 is 5.20. The third-order valence-electron chi connectivity index (χ3n) is 5.07. The highest BCUT2D eigenvalue weighted by atomic mass is 32.1. The highest BCUT2D eigenvalue weighted by Crippen LogP contribution is 2.25. The van der Waals surface area contributed by atoms with E-state index in [0.717, 1.165) is 38.7 Å². The number of ether oxygens (including phenoxy) is 1. The molecule has 0 atom stereocenters. The minimum Gasteiger partial charge on any atom is -0.497 e. The Hall–Kier alpha value is -3.12. The lowest BCUT2D eigenvalue weighted by Crippen LogP contribution is -2.46. The average Bonchev–Trinajstić information content (AvgIpc) is 3.22. The monoisotopic (exact) mass is 435 g/mol. The summed E-state index contributed by atoms with van der Waals surface area (Å²) in [5.74, 6) is 0.823. The summed E-state index contributed by atoms with van der Waals surface area (Å²) in [5.41, 5.74) is 4.59. The fourth-order valence-corrected chi connectivity index (χ4v) is 3.98. The highest BCUT2D eigenvalue weighted by Gasteiger charge is 2.23. The van der Waals surface area contributed by atoms with E-state index in [1.54, 1.807) is 18.4 Å². The molecule has 162 valence electrons. The number of amides is 2. The molecule has 0 spiro atoms. The molecule has 0 bridgehead atoms. The number of nitrogens with one attached hydrogen (secondary N) is 2. The van der Waals surface area contributed by atoms with E-state index in [4.69, 9.17) is 4.74 Å². The first kappa shape index (κ1) is 22.6. The van der Waals surface area contributed by atoms with Crippen LogP contribution in [0.3, 0.4) is 0 Å². The number of benzene rings is 2. The van der Waals surface area contributed by atoms with Crippen molar-refractivity contribution in [1.82, 2.24) is 15.6 Å². The van der Waals surface area contributed by atoms with Gasteiger partial charge in [-0.1, -0.05) is 30.4 Å². The standard InChI is InChI=1S/C25H29N3O2S/c1-17(2)19-7-6-8-20(15-19)25(3,4)28-24(29)26-14-13-23-27-22(16-31-23)18-9-11-21(30-5)12-10-18/h6-12,15-16H,1,13-14H2,2-5H3,(H2,26,28,29). The molecular formula is C25H29N3O2S. The zero-order chi connectivity index (χ0) is 22.4. The van der Waals surface area contributed by atoms with E-state index in [-0.39, 0.29) is 6.03 Å². The molecule has 0 unspecified atom stereocenters. The molecule has 0 aliphatic heterocycles. The van der Waals surface area contributed by atoms with Crippen LogP contribution in [0.15, 0.2) is 60.5 Å². The number of carbonyl (C=O) groups is 1. The van der Waals surface area contributed by atoms with Crippen molar-refractivity contribution in [2.45, 2.75) is 32.7 Å². The lowest BCUT2D eigenvalue weighted by atomic mass is 9.92. The largest absolute Gasteiger partial charge is 0.497 e. The second-order valence-electron chi connectivity index (χ2n) is 7.97. The Kier molecular flexibility index (Phi) is 7.13. The first-order chi connectivity index (χ1) is 14.8. The smallest absolute Gasteiger partial charge is 0.315 e. The van der Waals surface area contributed by atoms with Gasteiger partial charge in [-0.25, -0.2) is 9.78 Å². The van der Waals surface area contributed by atoms with Crippen LogP contribution in [0.2, 0.25) is 0 Å². The Morgan fingerprint density at radius 1 is 1.19 bits per heavy atom. The van der Waals surface area contributed by atoms with Crippen LogP contribution in [0, 0.1) is 0 Å². The molecule has 0 aliphatic rings. The third-order valence-corrected chi connectivity index (χ3v) is 5.97. The molecule has 31 heavy (non-hydrogen) atoms. The minimum absolute atomic E-state index is 0.197. The second-order valence-corrected chi connectivity index (χ2v) is 8.91. The molecule has 2 N–H and O–H groups in total. The summed E-state index contributed by atoms with van der Waals surface area (Å²) in [4.78, 5) is 17.1. The van der Waals surface area contributed by atoms with Crippen LogP contribution in [-0.2, 0) is 12.0 Å². The molecule has 1 aromatic heterocycles. The Labute approximate surface area is 188 Å². The predicted octanol–water partition coefficient (Wildman–Crippen LogP) is 5.63. The molecule has 2 amide bonds. The Bertz CT molecular complexity index is 1050. The number of hydrogen-bond donors (Lipinski definition) is 2. The van der Waals surface area contributed by atoms with E-state index in [1.165, 1.54) is 0 Å². The third kappa shape index (κ3) is 5.95. The maximum Gasteiger partial charge on any atom is 0.315 e. The molecule has 1 heterocycles. The average molecular weight is 436 g/mol. The highest BCUT2D eigenvalue weighted by molar-refractivity contribution is 7.09. The van der Waals surface area contributed by atoms with E-state index in [9.17, 15) is 4.79 Å². The molecule has 3 aromatic rings. The van der Waals surface area contributed by atoms with E-state index < -0.39 is 5.54 Å². The van der Waals surface area contributed by atoms with E-state index in [0.29, 0.717) is 13.0 Å². The van der Waals surface area contributed by atoms with Crippen LogP contribution in [-0.4, -0.2) is 24.7 Å². The van der Waals surface area contributed by atoms with Gasteiger partial charge in [-0.05, 0) is 62.2 Å². The molecular weight excluding hydrogens is 406 g/mol. The van der Waals surface area contributed by atoms with Gasteiger partial charge in [0, 0.05) is 23.9 Å². The fraction of sp³-hybridized carbons (Fsp3) is 0.280. The van der Waals surface area contributed by atoms with Crippen molar-refractivity contribution in [3.8, 4) is 17.0 Å². The molecule has 0 saturated heterocycles. The van der Waals surface area contributed by atoms with Gasteiger partial charge in [0.2, 0.25) is 0 Å². The lowest BCUT2D eigenvalue weighted by Gasteiger charge is -2.27. The zero-order valence-corrected chi connectivity index (χ0v) is 19.3. The van der Waals surface area contributed by atoms with Crippen LogP contribution in [0.5, 0.6) is 5.75 Å². The van der Waals surface area contributed by atoms with Crippen LogP contribution < -0.4 is 15.4 Å². The van der Waals surface area contributed by atoms with Gasteiger partial charge in [-0.3, -0.25) is 0 Å². The van der Waals surface area contributed by atoms with Gasteiger partial charge in [0.15, 0.2) is 0 Å². The molecule has 2 aromatic carbocycles. The molecule has 5 nitrogen and oxygen atoms in total. The van der Waals surface area contributed by atoms with Crippen LogP contribution in [0.4, 0.5) is 4.79 Å². The number of rotatable bonds is 8. The SMILES string of the molecule is C=C(C)c1cccc(C(C)(C)NC(=O)NCCc2nc(-c3ccc(OC)cc3)cs2)c1. The number of nitrogens with zero attached hydrogens (tertiary/aromatic N) is 1. The molecule has 0 fully saturated rings. The normalized spacial score (nSPS) is 11.1. The van der Waals surface area contributed by atoms with Gasteiger partial charge in [-0.15, -0.1) is 11.3 Å². The van der Waals surface area contributed by atoms with E-state index >= 15 is 0 Å². The van der Waals surface area contributed by atoms with Gasteiger partial charge in [0.05, 0.1) is 23.4 Å². The van der Waals surface area contributed by atoms with Gasteiger partial charge < -0.3 is 15.4 Å². The van der Waals surface area contributed by atoms with Gasteiger partial charge in [0.25, 0.3) is 0 Å². The minimum atomic E-state index is -0.502. The quantitative estimate of drug-likeness (QED) is 0.482. The number of methoxy groups -OCH3 is 1. The van der Waals surface area contributed by atoms with Gasteiger partial charge in [0.1, 0.15) is 5.75 Å². The van der Waals surface area contributed by atoms with Crippen LogP contribution in [0.1, 0.15) is 36.9 Å². The van der Waals surface area contributed by atoms with E-state index in [1.807, 2.05) is 68.6 Å². The molecule has 3 rings (SSSR count). The second kappa shape index (κ2) is 9.79. The summed E-state index contributed by atoms with van der Waals surface area (Å²) in [6.45, 7) is 10.5. The summed E-state index contributed by atoms with van der Waals surface area (Å²) in [5, 5.41) is 9.02. The summed E-state index contributed by atoms with van der Waals surface area (Å²) in [6.07, 6.45) is 0.680. The van der Waals surface area contributed by atoms with Gasteiger partial charge >= 0.3 is 6.03 Å². The Balaban J connectivity index is 1.52. The maximum atomic E-state index is 12.5. The summed E-state index contributed by atoms with van der Waals surface area (Å²) in [6, 6.07) is 15.7. The van der Waals surface area contributed by atoms with Crippen LogP contribution >= 0.6 is 11.3 Å². The van der Waals surface area contributed by atoms with Crippen molar-refractivity contribution in [2.75, 3.05) is 13.7 Å². The Morgan fingerprint density at radius 3 is 2.61 bits per heavy atom. The predicted molar refractivity (Wildman–Crippen MR) is 129 cm³/mol. The van der Waals surface area contributed by atoms with Crippen molar-refractivity contribution in [3.63, 3.8) is 0 Å². The van der Waals surface area contributed by atoms with Gasteiger partial charge in [-0.2, -0.15) is 0 Å². The van der Waals surface area contributed by atoms with Crippen molar-refractivity contribution in [1.29, 1.82) is 0 Å². The molecule has 0 aliphatic carbocycles. The van der Waals surface area contributed by atoms with Crippen molar-refractivity contribution < 1.29 is 9.53 Å². The zero-order valence-electron chi connectivity index (χ0n) is 18.5. The maximum absolute atomic E-state index is 12.5. The van der Waals surface area contributed by atoms with Crippen molar-refractivity contribution >= 4 is 22.9 Å². The Morgan fingerprint density at radius 2 is 1.94 bits per heavy atom. The first-order valence-corrected chi connectivity index (χ1v) is 11.1. The number of carbonyl (C=O) groups excluding carboxylic acids is 1. The lowest BCUT2D eigenvalue weighted by molar-refractivity contribution is 0.230.